The molecule has 0 saturated carbocycles. The quantitative estimate of drug-likeness (QED) is 0.908. The smallest absolute Gasteiger partial charge is 0.246 e. The number of amides is 1. The first-order chi connectivity index (χ1) is 10.6. The van der Waals surface area contributed by atoms with Crippen LogP contribution in [-0.2, 0) is 14.6 Å². The van der Waals surface area contributed by atoms with Crippen molar-refractivity contribution in [1.82, 2.24) is 5.16 Å². The molecule has 0 aliphatic carbocycles. The summed E-state index contributed by atoms with van der Waals surface area (Å²) in [5.41, 5.74) is 0.651. The van der Waals surface area contributed by atoms with Crippen molar-refractivity contribution in [1.29, 1.82) is 0 Å². The Morgan fingerprint density at radius 3 is 2.26 bits per heavy atom. The largest absolute Gasteiger partial charge is 0.359 e. The third-order valence-electron chi connectivity index (χ3n) is 3.73. The number of hydrogen-bond donors (Lipinski definition) is 1. The van der Waals surface area contributed by atoms with Gasteiger partial charge in [0.1, 0.15) is 10.5 Å². The number of nitrogens with zero attached hydrogens (tertiary/aromatic N) is 1. The fraction of sp³-hybridized carbons (Fsp3) is 0.333. The first-order valence-corrected chi connectivity index (χ1v) is 8.68. The van der Waals surface area contributed by atoms with Crippen LogP contribution in [0.4, 0.5) is 5.82 Å². The molecular formula is C15H17ClN2O4S. The highest BCUT2D eigenvalue weighted by atomic mass is 35.5. The lowest BCUT2D eigenvalue weighted by Crippen LogP contribution is -2.44. The fourth-order valence-corrected chi connectivity index (χ4v) is 3.33. The van der Waals surface area contributed by atoms with E-state index in [1.165, 1.54) is 38.1 Å². The van der Waals surface area contributed by atoms with Gasteiger partial charge in [0.25, 0.3) is 0 Å². The molecule has 23 heavy (non-hydrogen) atoms. The summed E-state index contributed by atoms with van der Waals surface area (Å²) in [6, 6.07) is 5.68. The first kappa shape index (κ1) is 17.5. The molecule has 124 valence electrons. The number of sulfone groups is 1. The molecule has 1 heterocycles. The van der Waals surface area contributed by atoms with Crippen LogP contribution in [0.25, 0.3) is 0 Å². The molecule has 0 unspecified atom stereocenters. The van der Waals surface area contributed by atoms with Gasteiger partial charge in [-0.25, -0.2) is 8.42 Å². The number of halogens is 1. The van der Waals surface area contributed by atoms with Crippen LogP contribution < -0.4 is 5.32 Å². The van der Waals surface area contributed by atoms with Crippen molar-refractivity contribution in [2.24, 2.45) is 0 Å². The molecule has 1 amide bonds. The summed E-state index contributed by atoms with van der Waals surface area (Å²) < 4.78 is 28.7. The Bertz CT molecular complexity index is 839. The molecular weight excluding hydrogens is 340 g/mol. The molecule has 0 spiro atoms. The van der Waals surface area contributed by atoms with Crippen molar-refractivity contribution in [3.05, 3.63) is 40.6 Å². The maximum atomic E-state index is 12.7. The molecule has 0 radical (unpaired) electrons. The normalized spacial score (nSPS) is 12.2. The van der Waals surface area contributed by atoms with E-state index in [-0.39, 0.29) is 10.7 Å². The summed E-state index contributed by atoms with van der Waals surface area (Å²) in [5.74, 6) is 0.0781. The number of carbonyl (C=O) groups is 1. The third kappa shape index (κ3) is 3.11. The van der Waals surface area contributed by atoms with Gasteiger partial charge in [0.05, 0.1) is 4.90 Å². The van der Waals surface area contributed by atoms with Crippen molar-refractivity contribution in [3.63, 3.8) is 0 Å². The summed E-state index contributed by atoms with van der Waals surface area (Å²) in [7, 11) is -3.91. The lowest BCUT2D eigenvalue weighted by molar-refractivity contribution is -0.117. The van der Waals surface area contributed by atoms with E-state index in [4.69, 9.17) is 16.1 Å². The number of aromatic nitrogens is 1. The Morgan fingerprint density at radius 2 is 1.78 bits per heavy atom. The number of hydrogen-bond acceptors (Lipinski definition) is 5. The lowest BCUT2D eigenvalue weighted by Gasteiger charge is -2.23. The Morgan fingerprint density at radius 1 is 1.22 bits per heavy atom. The summed E-state index contributed by atoms with van der Waals surface area (Å²) in [4.78, 5) is 12.5. The van der Waals surface area contributed by atoms with Gasteiger partial charge in [-0.2, -0.15) is 0 Å². The Kier molecular flexibility index (Phi) is 4.54. The highest BCUT2D eigenvalue weighted by Crippen LogP contribution is 2.28. The Hall–Kier alpha value is -1.86. The van der Waals surface area contributed by atoms with E-state index in [0.717, 1.165) is 0 Å². The summed E-state index contributed by atoms with van der Waals surface area (Å²) in [6.07, 6.45) is 0. The minimum Gasteiger partial charge on any atom is -0.359 e. The molecule has 0 aliphatic rings. The molecule has 1 aromatic carbocycles. The second kappa shape index (κ2) is 5.98. The van der Waals surface area contributed by atoms with Gasteiger partial charge in [0.15, 0.2) is 15.7 Å². The van der Waals surface area contributed by atoms with Crippen LogP contribution >= 0.6 is 11.6 Å². The van der Waals surface area contributed by atoms with Gasteiger partial charge in [-0.1, -0.05) is 16.8 Å². The molecule has 2 rings (SSSR count). The molecule has 0 saturated heterocycles. The van der Waals surface area contributed by atoms with Gasteiger partial charge >= 0.3 is 0 Å². The van der Waals surface area contributed by atoms with Gasteiger partial charge < -0.3 is 9.84 Å². The maximum Gasteiger partial charge on any atom is 0.246 e. The Balaban J connectivity index is 2.34. The van der Waals surface area contributed by atoms with Crippen LogP contribution in [0.3, 0.4) is 0 Å². The van der Waals surface area contributed by atoms with E-state index >= 15 is 0 Å². The molecule has 0 aliphatic heterocycles. The van der Waals surface area contributed by atoms with Gasteiger partial charge in [-0.05, 0) is 52.0 Å². The standard InChI is InChI=1S/C15H17ClN2O4S/c1-9-10(2)22-18-13(9)17-14(19)15(3,4)23(20,21)12-7-5-11(16)6-8-12/h5-8H,1-4H3,(H,17,18,19). The summed E-state index contributed by atoms with van der Waals surface area (Å²) >= 11 is 5.77. The van der Waals surface area contributed by atoms with Crippen molar-refractivity contribution in [3.8, 4) is 0 Å². The van der Waals surface area contributed by atoms with E-state index in [9.17, 15) is 13.2 Å². The van der Waals surface area contributed by atoms with Gasteiger partial charge in [0, 0.05) is 10.6 Å². The van der Waals surface area contributed by atoms with Crippen LogP contribution in [0, 0.1) is 13.8 Å². The van der Waals surface area contributed by atoms with E-state index in [1.807, 2.05) is 0 Å². The van der Waals surface area contributed by atoms with E-state index in [1.54, 1.807) is 13.8 Å². The van der Waals surface area contributed by atoms with Gasteiger partial charge in [-0.15, -0.1) is 0 Å². The second-order valence-electron chi connectivity index (χ2n) is 5.63. The predicted octanol–water partition coefficient (Wildman–Crippen LogP) is 3.14. The SMILES string of the molecule is Cc1onc(NC(=O)C(C)(C)S(=O)(=O)c2ccc(Cl)cc2)c1C. The topological polar surface area (TPSA) is 89.3 Å². The average Bonchev–Trinajstić information content (AvgIpc) is 2.79. The summed E-state index contributed by atoms with van der Waals surface area (Å²) in [5, 5.41) is 6.64. The molecule has 0 atom stereocenters. The molecule has 0 fully saturated rings. The molecule has 1 N–H and O–H groups in total. The number of rotatable bonds is 4. The number of aryl methyl sites for hydroxylation is 1. The fourth-order valence-electron chi connectivity index (χ4n) is 1.82. The van der Waals surface area contributed by atoms with Crippen LogP contribution in [0.5, 0.6) is 0 Å². The molecule has 6 nitrogen and oxygen atoms in total. The van der Waals surface area contributed by atoms with Crippen molar-refractivity contribution >= 4 is 33.2 Å². The van der Waals surface area contributed by atoms with E-state index in [2.05, 4.69) is 10.5 Å². The highest BCUT2D eigenvalue weighted by molar-refractivity contribution is 7.93. The maximum absolute atomic E-state index is 12.7. The first-order valence-electron chi connectivity index (χ1n) is 6.82. The average molecular weight is 357 g/mol. The van der Waals surface area contributed by atoms with Crippen molar-refractivity contribution < 1.29 is 17.7 Å². The molecule has 0 bridgehead atoms. The van der Waals surface area contributed by atoms with Crippen LogP contribution in [-0.4, -0.2) is 24.2 Å². The number of nitrogens with one attached hydrogen (secondary N) is 1. The molecule has 2 aromatic rings. The minimum atomic E-state index is -3.91. The summed E-state index contributed by atoms with van der Waals surface area (Å²) in [6.45, 7) is 6.11. The van der Waals surface area contributed by atoms with Crippen LogP contribution in [0.2, 0.25) is 5.02 Å². The lowest BCUT2D eigenvalue weighted by atomic mass is 10.2. The monoisotopic (exact) mass is 356 g/mol. The van der Waals surface area contributed by atoms with Crippen LogP contribution in [0.1, 0.15) is 25.2 Å². The number of carbonyl (C=O) groups excluding carboxylic acids is 1. The van der Waals surface area contributed by atoms with E-state index in [0.29, 0.717) is 16.3 Å². The third-order valence-corrected chi connectivity index (χ3v) is 6.41. The van der Waals surface area contributed by atoms with Crippen molar-refractivity contribution in [2.75, 3.05) is 5.32 Å². The highest BCUT2D eigenvalue weighted by Gasteiger charge is 2.43. The van der Waals surface area contributed by atoms with Crippen LogP contribution in [0.15, 0.2) is 33.7 Å². The Labute approximate surface area is 139 Å². The molecule has 1 aromatic heterocycles. The minimum absolute atomic E-state index is 0.0232. The van der Waals surface area contributed by atoms with Crippen molar-refractivity contribution in [2.45, 2.75) is 37.3 Å². The zero-order chi connectivity index (χ0) is 17.4. The van der Waals surface area contributed by atoms with Gasteiger partial charge in [-0.3, -0.25) is 4.79 Å². The number of anilines is 1. The van der Waals surface area contributed by atoms with E-state index < -0.39 is 20.5 Å². The number of benzene rings is 1. The molecule has 8 heteroatoms. The zero-order valence-corrected chi connectivity index (χ0v) is 14.7. The van der Waals surface area contributed by atoms with Gasteiger partial charge in [0.2, 0.25) is 5.91 Å². The predicted molar refractivity (Wildman–Crippen MR) is 87.3 cm³/mol. The second-order valence-corrected chi connectivity index (χ2v) is 8.57. The zero-order valence-electron chi connectivity index (χ0n) is 13.2.